The molecule has 2 atom stereocenters. The van der Waals surface area contributed by atoms with Crippen LogP contribution in [0.5, 0.6) is 0 Å². The second kappa shape index (κ2) is 10.9. The summed E-state index contributed by atoms with van der Waals surface area (Å²) in [5.74, 6) is -0.786. The maximum absolute atomic E-state index is 12.4. The zero-order valence-electron chi connectivity index (χ0n) is 14.8. The zero-order valence-corrected chi connectivity index (χ0v) is 17.9. The van der Waals surface area contributed by atoms with Crippen LogP contribution in [0.4, 0.5) is 0 Å². The predicted octanol–water partition coefficient (Wildman–Crippen LogP) is 4.00. The standard InChI is InChI=1S/C19H19Cl4N3O2/c1-11-7-9-13(10-8-11)19(28)26-17(15(22)23)24-16(14(20)21)25-18(27)12-5-3-2-4-6-12/h2-10,14-17,24H,1H3,(H,25,27)(H,26,28)/t16-,17-/m0/s1. The number of carbonyl (C=O) groups is 2. The van der Waals surface area contributed by atoms with Gasteiger partial charge in [-0.05, 0) is 31.2 Å². The molecule has 0 bridgehead atoms. The lowest BCUT2D eigenvalue weighted by atomic mass is 10.1. The van der Waals surface area contributed by atoms with Crippen LogP contribution >= 0.6 is 46.4 Å². The number of hydrogen-bond donors (Lipinski definition) is 3. The fourth-order valence-electron chi connectivity index (χ4n) is 2.29. The lowest BCUT2D eigenvalue weighted by molar-refractivity contribution is 0.0911. The fourth-order valence-corrected chi connectivity index (χ4v) is 2.83. The molecule has 0 spiro atoms. The van der Waals surface area contributed by atoms with Gasteiger partial charge >= 0.3 is 0 Å². The Morgan fingerprint density at radius 1 is 0.714 bits per heavy atom. The van der Waals surface area contributed by atoms with Crippen molar-refractivity contribution in [1.29, 1.82) is 0 Å². The maximum Gasteiger partial charge on any atom is 0.252 e. The van der Waals surface area contributed by atoms with Crippen molar-refractivity contribution in [2.24, 2.45) is 0 Å². The number of benzene rings is 2. The Hall–Kier alpha value is -1.50. The van der Waals surface area contributed by atoms with E-state index < -0.39 is 33.8 Å². The fraction of sp³-hybridized carbons (Fsp3) is 0.263. The number of amides is 2. The van der Waals surface area contributed by atoms with Crippen molar-refractivity contribution in [2.75, 3.05) is 0 Å². The minimum atomic E-state index is -1.03. The zero-order chi connectivity index (χ0) is 20.7. The third kappa shape index (κ3) is 6.83. The summed E-state index contributed by atoms with van der Waals surface area (Å²) in [6.45, 7) is 1.92. The monoisotopic (exact) mass is 461 g/mol. The Morgan fingerprint density at radius 3 is 1.57 bits per heavy atom. The third-order valence-corrected chi connectivity index (χ3v) is 4.79. The molecule has 0 saturated heterocycles. The minimum absolute atomic E-state index is 0.391. The van der Waals surface area contributed by atoms with E-state index in [4.69, 9.17) is 46.4 Å². The molecular formula is C19H19Cl4N3O2. The quantitative estimate of drug-likeness (QED) is 0.410. The summed E-state index contributed by atoms with van der Waals surface area (Å²) in [6.07, 6.45) is -1.84. The molecule has 0 aliphatic rings. The molecule has 150 valence electrons. The average Bonchev–Trinajstić information content (AvgIpc) is 2.67. The summed E-state index contributed by atoms with van der Waals surface area (Å²) in [6, 6.07) is 15.5. The van der Waals surface area contributed by atoms with Gasteiger partial charge in [-0.3, -0.25) is 14.9 Å². The molecule has 0 saturated carbocycles. The molecule has 9 heteroatoms. The van der Waals surface area contributed by atoms with Crippen molar-refractivity contribution in [3.05, 3.63) is 71.3 Å². The van der Waals surface area contributed by atoms with E-state index in [-0.39, 0.29) is 0 Å². The smallest absolute Gasteiger partial charge is 0.252 e. The highest BCUT2D eigenvalue weighted by molar-refractivity contribution is 6.45. The van der Waals surface area contributed by atoms with E-state index in [9.17, 15) is 9.59 Å². The van der Waals surface area contributed by atoms with Gasteiger partial charge in [-0.1, -0.05) is 35.9 Å². The first-order valence-electron chi connectivity index (χ1n) is 8.33. The van der Waals surface area contributed by atoms with Gasteiger partial charge in [0.2, 0.25) is 0 Å². The van der Waals surface area contributed by atoms with Gasteiger partial charge in [0.25, 0.3) is 11.8 Å². The number of aryl methyl sites for hydroxylation is 1. The normalized spacial score (nSPS) is 13.2. The molecule has 2 rings (SSSR count). The van der Waals surface area contributed by atoms with Crippen molar-refractivity contribution in [3.63, 3.8) is 0 Å². The van der Waals surface area contributed by atoms with E-state index in [1.165, 1.54) is 0 Å². The summed E-state index contributed by atoms with van der Waals surface area (Å²) in [4.78, 5) is 22.7. The van der Waals surface area contributed by atoms with Crippen molar-refractivity contribution in [1.82, 2.24) is 16.0 Å². The number of alkyl halides is 4. The predicted molar refractivity (Wildman–Crippen MR) is 114 cm³/mol. The Labute approximate surface area is 183 Å². The minimum Gasteiger partial charge on any atom is -0.334 e. The Kier molecular flexibility index (Phi) is 8.86. The van der Waals surface area contributed by atoms with Crippen LogP contribution in [0.1, 0.15) is 26.3 Å². The van der Waals surface area contributed by atoms with Crippen LogP contribution in [-0.2, 0) is 0 Å². The van der Waals surface area contributed by atoms with Crippen LogP contribution in [-0.4, -0.2) is 33.8 Å². The molecule has 0 radical (unpaired) electrons. The summed E-state index contributed by atoms with van der Waals surface area (Å²) in [7, 11) is 0. The molecule has 0 fully saturated rings. The summed E-state index contributed by atoms with van der Waals surface area (Å²) < 4.78 is 0. The largest absolute Gasteiger partial charge is 0.334 e. The van der Waals surface area contributed by atoms with Gasteiger partial charge < -0.3 is 10.6 Å². The number of rotatable bonds is 8. The molecule has 2 aromatic rings. The first-order valence-corrected chi connectivity index (χ1v) is 10.1. The first-order chi connectivity index (χ1) is 13.3. The van der Waals surface area contributed by atoms with Crippen LogP contribution in [0.3, 0.4) is 0 Å². The second-order valence-corrected chi connectivity index (χ2v) is 8.30. The van der Waals surface area contributed by atoms with Gasteiger partial charge in [-0.15, -0.1) is 46.4 Å². The summed E-state index contributed by atoms with van der Waals surface area (Å²) >= 11 is 24.0. The van der Waals surface area contributed by atoms with E-state index in [0.29, 0.717) is 11.1 Å². The number of carbonyl (C=O) groups excluding carboxylic acids is 2. The van der Waals surface area contributed by atoms with Crippen molar-refractivity contribution in [2.45, 2.75) is 28.9 Å². The maximum atomic E-state index is 12.4. The van der Waals surface area contributed by atoms with Gasteiger partial charge in [0, 0.05) is 11.1 Å². The molecule has 5 nitrogen and oxygen atoms in total. The van der Waals surface area contributed by atoms with Crippen LogP contribution in [0, 0.1) is 6.92 Å². The van der Waals surface area contributed by atoms with E-state index in [1.807, 2.05) is 19.1 Å². The molecule has 28 heavy (non-hydrogen) atoms. The van der Waals surface area contributed by atoms with Gasteiger partial charge in [-0.2, -0.15) is 0 Å². The molecule has 0 aromatic heterocycles. The van der Waals surface area contributed by atoms with E-state index in [0.717, 1.165) is 5.56 Å². The van der Waals surface area contributed by atoms with Crippen LogP contribution < -0.4 is 16.0 Å². The molecule has 0 aliphatic heterocycles. The SMILES string of the molecule is Cc1ccc(C(=O)N[C@H](N[C@@H](NC(=O)c2ccccc2)C(Cl)Cl)C(Cl)Cl)cc1. The third-order valence-electron chi connectivity index (χ3n) is 3.79. The Balaban J connectivity index is 2.07. The van der Waals surface area contributed by atoms with Gasteiger partial charge in [0.15, 0.2) is 0 Å². The molecular weight excluding hydrogens is 444 g/mol. The average molecular weight is 463 g/mol. The highest BCUT2D eigenvalue weighted by Crippen LogP contribution is 2.13. The Bertz CT molecular complexity index is 786. The van der Waals surface area contributed by atoms with Crippen molar-refractivity contribution >= 4 is 58.2 Å². The number of nitrogens with one attached hydrogen (secondary N) is 3. The van der Waals surface area contributed by atoms with E-state index >= 15 is 0 Å². The molecule has 2 amide bonds. The lowest BCUT2D eigenvalue weighted by Gasteiger charge is -2.28. The summed E-state index contributed by atoms with van der Waals surface area (Å²) in [5.41, 5.74) is 1.89. The van der Waals surface area contributed by atoms with Gasteiger partial charge in [0.1, 0.15) is 22.0 Å². The van der Waals surface area contributed by atoms with Gasteiger partial charge in [-0.25, -0.2) is 0 Å². The van der Waals surface area contributed by atoms with Crippen LogP contribution in [0.25, 0.3) is 0 Å². The number of halogens is 4. The lowest BCUT2D eigenvalue weighted by Crippen LogP contribution is -2.60. The van der Waals surface area contributed by atoms with Gasteiger partial charge in [0.05, 0.1) is 0 Å². The summed E-state index contributed by atoms with van der Waals surface area (Å²) in [5, 5.41) is 8.20. The highest BCUT2D eigenvalue weighted by atomic mass is 35.5. The van der Waals surface area contributed by atoms with Crippen LogP contribution in [0.15, 0.2) is 54.6 Å². The van der Waals surface area contributed by atoms with Crippen LogP contribution in [0.2, 0.25) is 0 Å². The molecule has 0 heterocycles. The van der Waals surface area contributed by atoms with E-state index in [2.05, 4.69) is 16.0 Å². The molecule has 0 aliphatic carbocycles. The molecule has 2 aromatic carbocycles. The molecule has 3 N–H and O–H groups in total. The van der Waals surface area contributed by atoms with E-state index in [1.54, 1.807) is 42.5 Å². The molecule has 0 unspecified atom stereocenters. The second-order valence-electron chi connectivity index (χ2n) is 5.97. The highest BCUT2D eigenvalue weighted by Gasteiger charge is 2.28. The van der Waals surface area contributed by atoms with Crippen molar-refractivity contribution < 1.29 is 9.59 Å². The first kappa shape index (κ1) is 22.8. The topological polar surface area (TPSA) is 70.2 Å². The Morgan fingerprint density at radius 2 is 1.14 bits per heavy atom. The number of hydrogen-bond acceptors (Lipinski definition) is 3. The van der Waals surface area contributed by atoms with Crippen molar-refractivity contribution in [3.8, 4) is 0 Å².